The zero-order chi connectivity index (χ0) is 17.6. The Bertz CT molecular complexity index is 887. The van der Waals surface area contributed by atoms with Gasteiger partial charge >= 0.3 is 0 Å². The lowest BCUT2D eigenvalue weighted by Crippen LogP contribution is -2.18. The van der Waals surface area contributed by atoms with Gasteiger partial charge < -0.3 is 9.47 Å². The zero-order valence-corrected chi connectivity index (χ0v) is 14.5. The molecule has 0 aliphatic rings. The number of hydrogen-bond acceptors (Lipinski definition) is 6. The average Bonchev–Trinajstić information content (AvgIpc) is 3.32. The highest BCUT2D eigenvalue weighted by atomic mass is 32.1. The van der Waals surface area contributed by atoms with Crippen LogP contribution in [0, 0.1) is 0 Å². The van der Waals surface area contributed by atoms with Gasteiger partial charge in [0, 0.05) is 5.56 Å². The van der Waals surface area contributed by atoms with E-state index in [-0.39, 0.29) is 5.69 Å². The highest BCUT2D eigenvalue weighted by Gasteiger charge is 2.11. The number of hydrogen-bond donors (Lipinski definition) is 2. The Hall–Kier alpha value is -3.13. The molecule has 25 heavy (non-hydrogen) atoms. The van der Waals surface area contributed by atoms with Crippen LogP contribution in [0.1, 0.15) is 16.1 Å². The summed E-state index contributed by atoms with van der Waals surface area (Å²) >= 11 is 1.57. The number of hydrazone groups is 1. The van der Waals surface area contributed by atoms with Crippen molar-refractivity contribution < 1.29 is 14.3 Å². The van der Waals surface area contributed by atoms with Crippen LogP contribution >= 0.6 is 11.3 Å². The summed E-state index contributed by atoms with van der Waals surface area (Å²) in [5.41, 5.74) is 4.19. The summed E-state index contributed by atoms with van der Waals surface area (Å²) in [5.74, 6) is 0.886. The molecule has 8 heteroatoms. The van der Waals surface area contributed by atoms with Crippen LogP contribution in [0.25, 0.3) is 10.6 Å². The Labute approximate surface area is 148 Å². The molecule has 3 rings (SSSR count). The molecule has 0 unspecified atom stereocenters. The minimum absolute atomic E-state index is 0.262. The first kappa shape index (κ1) is 16.7. The number of carbonyl (C=O) groups excluding carboxylic acids is 1. The van der Waals surface area contributed by atoms with Gasteiger partial charge in [-0.05, 0) is 35.7 Å². The Kier molecular flexibility index (Phi) is 5.10. The summed E-state index contributed by atoms with van der Waals surface area (Å²) in [5, 5.41) is 12.8. The van der Waals surface area contributed by atoms with Crippen molar-refractivity contribution in [1.82, 2.24) is 15.6 Å². The monoisotopic (exact) mass is 356 g/mol. The number of nitrogens with zero attached hydrogens (tertiary/aromatic N) is 2. The van der Waals surface area contributed by atoms with Gasteiger partial charge in [0.05, 0.1) is 31.0 Å². The quantitative estimate of drug-likeness (QED) is 0.525. The SMILES string of the molecule is COc1ccc(OC)c(C=NNC(=O)c2cc(-c3cccs3)[nH]n2)c1. The summed E-state index contributed by atoms with van der Waals surface area (Å²) in [7, 11) is 3.14. The molecule has 1 aromatic carbocycles. The molecular weight excluding hydrogens is 340 g/mol. The average molecular weight is 356 g/mol. The van der Waals surface area contributed by atoms with Gasteiger partial charge in [-0.1, -0.05) is 6.07 Å². The zero-order valence-electron chi connectivity index (χ0n) is 13.6. The molecule has 0 aliphatic heterocycles. The Balaban J connectivity index is 1.69. The molecule has 2 N–H and O–H groups in total. The molecule has 0 atom stereocenters. The Morgan fingerprint density at radius 1 is 1.28 bits per heavy atom. The second-order valence-corrected chi connectivity index (χ2v) is 5.90. The van der Waals surface area contributed by atoms with Crippen molar-refractivity contribution in [2.45, 2.75) is 0 Å². The molecule has 0 saturated heterocycles. The van der Waals surface area contributed by atoms with E-state index in [1.807, 2.05) is 17.5 Å². The molecular formula is C17H16N4O3S. The lowest BCUT2D eigenvalue weighted by Gasteiger charge is -2.06. The van der Waals surface area contributed by atoms with Crippen LogP contribution in [0.15, 0.2) is 46.9 Å². The summed E-state index contributed by atoms with van der Waals surface area (Å²) in [6.45, 7) is 0. The van der Waals surface area contributed by atoms with Gasteiger partial charge in [0.25, 0.3) is 5.91 Å². The summed E-state index contributed by atoms with van der Waals surface area (Å²) in [6.07, 6.45) is 1.49. The van der Waals surface area contributed by atoms with Crippen LogP contribution in [0.4, 0.5) is 0 Å². The van der Waals surface area contributed by atoms with E-state index >= 15 is 0 Å². The van der Waals surface area contributed by atoms with Gasteiger partial charge in [0.1, 0.15) is 11.5 Å². The molecule has 0 saturated carbocycles. The number of aromatic nitrogens is 2. The van der Waals surface area contributed by atoms with Crippen molar-refractivity contribution in [3.05, 3.63) is 53.0 Å². The van der Waals surface area contributed by atoms with Crippen molar-refractivity contribution >= 4 is 23.5 Å². The molecule has 0 radical (unpaired) electrons. The maximum atomic E-state index is 12.1. The van der Waals surface area contributed by atoms with Crippen LogP contribution in [0.2, 0.25) is 0 Å². The van der Waals surface area contributed by atoms with Crippen LogP contribution in [-0.2, 0) is 0 Å². The maximum absolute atomic E-state index is 12.1. The molecule has 2 aromatic heterocycles. The molecule has 128 valence electrons. The number of thiophene rings is 1. The molecule has 0 aliphatic carbocycles. The smallest absolute Gasteiger partial charge is 0.291 e. The van der Waals surface area contributed by atoms with Crippen molar-refractivity contribution in [2.24, 2.45) is 5.10 Å². The molecule has 0 spiro atoms. The van der Waals surface area contributed by atoms with Crippen LogP contribution < -0.4 is 14.9 Å². The van der Waals surface area contributed by atoms with E-state index in [9.17, 15) is 4.79 Å². The highest BCUT2D eigenvalue weighted by Crippen LogP contribution is 2.23. The normalized spacial score (nSPS) is 10.8. The number of amides is 1. The first-order valence-corrected chi connectivity index (χ1v) is 8.24. The largest absolute Gasteiger partial charge is 0.497 e. The van der Waals surface area contributed by atoms with Crippen molar-refractivity contribution in [2.75, 3.05) is 14.2 Å². The minimum Gasteiger partial charge on any atom is -0.497 e. The summed E-state index contributed by atoms with van der Waals surface area (Å²) in [6, 6.07) is 10.9. The number of benzene rings is 1. The third-order valence-corrected chi connectivity index (χ3v) is 4.31. The fraction of sp³-hybridized carbons (Fsp3) is 0.118. The van der Waals surface area contributed by atoms with Crippen LogP contribution in [0.3, 0.4) is 0 Å². The molecule has 0 fully saturated rings. The summed E-state index contributed by atoms with van der Waals surface area (Å²) < 4.78 is 10.4. The fourth-order valence-electron chi connectivity index (χ4n) is 2.15. The van der Waals surface area contributed by atoms with Crippen LogP contribution in [0.5, 0.6) is 11.5 Å². The highest BCUT2D eigenvalue weighted by molar-refractivity contribution is 7.13. The van der Waals surface area contributed by atoms with Gasteiger partial charge in [0.2, 0.25) is 0 Å². The van der Waals surface area contributed by atoms with Crippen molar-refractivity contribution in [1.29, 1.82) is 0 Å². The summed E-state index contributed by atoms with van der Waals surface area (Å²) in [4.78, 5) is 13.1. The third kappa shape index (κ3) is 3.86. The van der Waals surface area contributed by atoms with E-state index in [0.717, 1.165) is 10.6 Å². The van der Waals surface area contributed by atoms with Gasteiger partial charge in [-0.2, -0.15) is 10.2 Å². The number of rotatable bonds is 6. The number of H-pyrrole nitrogens is 1. The third-order valence-electron chi connectivity index (χ3n) is 3.40. The van der Waals surface area contributed by atoms with Gasteiger partial charge in [0.15, 0.2) is 5.69 Å². The molecule has 1 amide bonds. The predicted molar refractivity (Wildman–Crippen MR) is 96.5 cm³/mol. The number of methoxy groups -OCH3 is 2. The van der Waals surface area contributed by atoms with E-state index < -0.39 is 5.91 Å². The Morgan fingerprint density at radius 2 is 2.16 bits per heavy atom. The van der Waals surface area contributed by atoms with Gasteiger partial charge in [-0.25, -0.2) is 5.43 Å². The molecule has 0 bridgehead atoms. The lowest BCUT2D eigenvalue weighted by molar-refractivity contribution is 0.0950. The topological polar surface area (TPSA) is 88.6 Å². The van der Waals surface area contributed by atoms with Crippen LogP contribution in [-0.4, -0.2) is 36.5 Å². The number of nitrogens with one attached hydrogen (secondary N) is 2. The second-order valence-electron chi connectivity index (χ2n) is 4.95. The Morgan fingerprint density at radius 3 is 2.88 bits per heavy atom. The van der Waals surface area contributed by atoms with E-state index in [0.29, 0.717) is 17.1 Å². The van der Waals surface area contributed by atoms with Crippen molar-refractivity contribution in [3.63, 3.8) is 0 Å². The standard InChI is InChI=1S/C17H16N4O3S/c1-23-12-5-6-15(24-2)11(8-12)10-18-21-17(22)14-9-13(19-20-14)16-4-3-7-25-16/h3-10H,1-2H3,(H,19,20)(H,21,22). The number of ether oxygens (including phenoxy) is 2. The molecule has 3 aromatic rings. The van der Waals surface area contributed by atoms with E-state index in [2.05, 4.69) is 20.7 Å². The predicted octanol–water partition coefficient (Wildman–Crippen LogP) is 2.92. The van der Waals surface area contributed by atoms with E-state index in [1.54, 1.807) is 49.8 Å². The number of aromatic amines is 1. The van der Waals surface area contributed by atoms with E-state index in [4.69, 9.17) is 9.47 Å². The molecule has 7 nitrogen and oxygen atoms in total. The second kappa shape index (κ2) is 7.63. The van der Waals surface area contributed by atoms with E-state index in [1.165, 1.54) is 6.21 Å². The fourth-order valence-corrected chi connectivity index (χ4v) is 2.85. The molecule has 2 heterocycles. The maximum Gasteiger partial charge on any atom is 0.291 e. The van der Waals surface area contributed by atoms with Gasteiger partial charge in [-0.3, -0.25) is 9.89 Å². The minimum atomic E-state index is -0.405. The van der Waals surface area contributed by atoms with Crippen molar-refractivity contribution in [3.8, 4) is 22.1 Å². The first-order chi connectivity index (χ1) is 12.2. The first-order valence-electron chi connectivity index (χ1n) is 7.36. The lowest BCUT2D eigenvalue weighted by atomic mass is 10.2. The number of carbonyl (C=O) groups is 1. The van der Waals surface area contributed by atoms with Gasteiger partial charge in [-0.15, -0.1) is 11.3 Å².